The lowest BCUT2D eigenvalue weighted by atomic mass is 9.96. The maximum Gasteiger partial charge on any atom is 0.315 e. The van der Waals surface area contributed by atoms with Gasteiger partial charge in [-0.05, 0) is 26.0 Å². The van der Waals surface area contributed by atoms with Crippen molar-refractivity contribution in [1.29, 1.82) is 0 Å². The lowest BCUT2D eigenvalue weighted by Gasteiger charge is -2.45. The largest absolute Gasteiger partial charge is 0.393 e. The summed E-state index contributed by atoms with van der Waals surface area (Å²) in [6.45, 7) is 4.57. The summed E-state index contributed by atoms with van der Waals surface area (Å²) in [6, 6.07) is 4.79. The van der Waals surface area contributed by atoms with Crippen molar-refractivity contribution in [2.45, 2.75) is 19.4 Å². The summed E-state index contributed by atoms with van der Waals surface area (Å²) in [5.74, 6) is -0.0690. The molecule has 2 N–H and O–H groups in total. The van der Waals surface area contributed by atoms with E-state index in [1.165, 1.54) is 6.07 Å². The summed E-state index contributed by atoms with van der Waals surface area (Å²) >= 11 is 0. The first-order valence-corrected chi connectivity index (χ1v) is 6.33. The minimum Gasteiger partial charge on any atom is -0.393 e. The van der Waals surface area contributed by atoms with E-state index >= 15 is 0 Å². The predicted molar refractivity (Wildman–Crippen MR) is 76.6 cm³/mol. The highest BCUT2D eigenvalue weighted by Crippen LogP contribution is 2.38. The Bertz CT molecular complexity index is 571. The van der Waals surface area contributed by atoms with Gasteiger partial charge >= 0.3 is 5.69 Å². The molecule has 0 saturated carbocycles. The first-order valence-electron chi connectivity index (χ1n) is 6.33. The first-order chi connectivity index (χ1) is 9.26. The molecule has 2 rings (SSSR count). The Hall–Kier alpha value is -2.31. The molecule has 1 aromatic rings. The molecule has 7 nitrogen and oxygen atoms in total. The smallest absolute Gasteiger partial charge is 0.315 e. The molecular weight excluding hydrogens is 260 g/mol. The number of nitro groups is 1. The van der Waals surface area contributed by atoms with Gasteiger partial charge in [-0.1, -0.05) is 6.07 Å². The van der Waals surface area contributed by atoms with Crippen molar-refractivity contribution >= 4 is 23.0 Å². The summed E-state index contributed by atoms with van der Waals surface area (Å²) in [7, 11) is 1.73. The summed E-state index contributed by atoms with van der Waals surface area (Å²) < 4.78 is 0. The Labute approximate surface area is 117 Å². The molecule has 1 aliphatic heterocycles. The molecule has 0 radical (unpaired) electrons. The Kier molecular flexibility index (Phi) is 3.29. The molecule has 7 heteroatoms. The van der Waals surface area contributed by atoms with Crippen molar-refractivity contribution in [3.63, 3.8) is 0 Å². The summed E-state index contributed by atoms with van der Waals surface area (Å²) in [5, 5.41) is 11.2. The number of likely N-dealkylation sites (N-methyl/N-ethyl adjacent to an activating group) is 1. The summed E-state index contributed by atoms with van der Waals surface area (Å²) in [6.07, 6.45) is 0. The van der Waals surface area contributed by atoms with E-state index < -0.39 is 10.5 Å². The Morgan fingerprint density at radius 2 is 2.00 bits per heavy atom. The number of carbonyl (C=O) groups is 1. The molecule has 20 heavy (non-hydrogen) atoms. The molecule has 108 valence electrons. The number of anilines is 2. The maximum atomic E-state index is 12.3. The van der Waals surface area contributed by atoms with Gasteiger partial charge in [0.2, 0.25) is 5.91 Å². The molecule has 1 fully saturated rings. The topological polar surface area (TPSA) is 92.7 Å². The predicted octanol–water partition coefficient (Wildman–Crippen LogP) is 1.23. The van der Waals surface area contributed by atoms with Crippen LogP contribution >= 0.6 is 0 Å². The zero-order valence-corrected chi connectivity index (χ0v) is 11.8. The van der Waals surface area contributed by atoms with Gasteiger partial charge in [0.15, 0.2) is 0 Å². The molecule has 0 aliphatic carbocycles. The van der Waals surface area contributed by atoms with E-state index in [1.54, 1.807) is 42.8 Å². The first kappa shape index (κ1) is 14.1. The Morgan fingerprint density at radius 1 is 1.35 bits per heavy atom. The lowest BCUT2D eigenvalue weighted by Crippen LogP contribution is -2.62. The van der Waals surface area contributed by atoms with E-state index in [0.29, 0.717) is 18.8 Å². The number of hydrogen-bond acceptors (Lipinski definition) is 5. The zero-order valence-electron chi connectivity index (χ0n) is 11.8. The lowest BCUT2D eigenvalue weighted by molar-refractivity contribution is -0.383. The number of rotatable bonds is 2. The van der Waals surface area contributed by atoms with Gasteiger partial charge in [-0.15, -0.1) is 0 Å². The van der Waals surface area contributed by atoms with Gasteiger partial charge in [0.25, 0.3) is 0 Å². The number of benzene rings is 1. The summed E-state index contributed by atoms with van der Waals surface area (Å²) in [5.41, 5.74) is 5.23. The quantitative estimate of drug-likeness (QED) is 0.499. The van der Waals surface area contributed by atoms with E-state index in [2.05, 4.69) is 0 Å². The number of nitrogen functional groups attached to an aromatic ring is 1. The molecule has 1 aliphatic rings. The van der Waals surface area contributed by atoms with Gasteiger partial charge in [0.05, 0.1) is 4.92 Å². The highest BCUT2D eigenvalue weighted by atomic mass is 16.6. The van der Waals surface area contributed by atoms with E-state index in [1.807, 2.05) is 0 Å². The molecule has 1 saturated heterocycles. The van der Waals surface area contributed by atoms with Crippen LogP contribution in [0.1, 0.15) is 13.8 Å². The number of para-hydroxylation sites is 1. The van der Waals surface area contributed by atoms with Gasteiger partial charge in [0.1, 0.15) is 16.9 Å². The highest BCUT2D eigenvalue weighted by Gasteiger charge is 2.42. The number of nitrogens with zero attached hydrogens (tertiary/aromatic N) is 3. The fourth-order valence-corrected chi connectivity index (χ4v) is 2.60. The molecule has 0 unspecified atom stereocenters. The molecule has 0 atom stereocenters. The van der Waals surface area contributed by atoms with Crippen LogP contribution in [0.3, 0.4) is 0 Å². The average molecular weight is 278 g/mol. The van der Waals surface area contributed by atoms with Crippen LogP contribution in [-0.4, -0.2) is 41.4 Å². The number of amides is 1. The normalized spacial score (nSPS) is 18.2. The monoisotopic (exact) mass is 278 g/mol. The second-order valence-electron chi connectivity index (χ2n) is 5.41. The van der Waals surface area contributed by atoms with Crippen LogP contribution in [0.15, 0.2) is 18.2 Å². The van der Waals surface area contributed by atoms with Crippen molar-refractivity contribution in [2.24, 2.45) is 0 Å². The second kappa shape index (κ2) is 4.66. The zero-order chi connectivity index (χ0) is 15.1. The van der Waals surface area contributed by atoms with Gasteiger partial charge in [-0.25, -0.2) is 0 Å². The van der Waals surface area contributed by atoms with Gasteiger partial charge in [-0.2, -0.15) is 0 Å². The molecular formula is C13H18N4O3. The fourth-order valence-electron chi connectivity index (χ4n) is 2.60. The number of nitro benzene ring substituents is 1. The fraction of sp³-hybridized carbons (Fsp3) is 0.462. The minimum absolute atomic E-state index is 0.0690. The van der Waals surface area contributed by atoms with Crippen LogP contribution < -0.4 is 10.6 Å². The molecule has 1 amide bonds. The van der Waals surface area contributed by atoms with Crippen molar-refractivity contribution < 1.29 is 9.72 Å². The number of hydrogen-bond donors (Lipinski definition) is 1. The third kappa shape index (κ3) is 2.04. The van der Waals surface area contributed by atoms with Crippen molar-refractivity contribution in [2.75, 3.05) is 30.8 Å². The van der Waals surface area contributed by atoms with Crippen LogP contribution in [-0.2, 0) is 4.79 Å². The van der Waals surface area contributed by atoms with E-state index in [9.17, 15) is 14.9 Å². The Morgan fingerprint density at radius 3 is 2.60 bits per heavy atom. The summed E-state index contributed by atoms with van der Waals surface area (Å²) in [4.78, 5) is 26.4. The van der Waals surface area contributed by atoms with Gasteiger partial charge < -0.3 is 15.5 Å². The van der Waals surface area contributed by atoms with Crippen LogP contribution in [0.4, 0.5) is 17.1 Å². The number of carbonyl (C=O) groups excluding carboxylic acids is 1. The van der Waals surface area contributed by atoms with Gasteiger partial charge in [-0.3, -0.25) is 14.9 Å². The van der Waals surface area contributed by atoms with E-state index in [0.717, 1.165) is 0 Å². The van der Waals surface area contributed by atoms with Crippen molar-refractivity contribution in [3.05, 3.63) is 28.3 Å². The molecule has 0 spiro atoms. The van der Waals surface area contributed by atoms with Crippen molar-refractivity contribution in [1.82, 2.24) is 4.90 Å². The number of piperazine rings is 1. The van der Waals surface area contributed by atoms with Crippen LogP contribution in [0, 0.1) is 10.1 Å². The SMILES string of the molecule is CN1CCN(c2cccc(N)c2[N+](=O)[O-])C(C)(C)C1=O. The third-order valence-electron chi connectivity index (χ3n) is 3.72. The van der Waals surface area contributed by atoms with E-state index in [4.69, 9.17) is 5.73 Å². The standard InChI is InChI=1S/C13H18N4O3/c1-13(2)12(18)15(3)7-8-16(13)10-6-4-5-9(14)11(10)17(19)20/h4-6H,7-8,14H2,1-3H3. The molecule has 1 heterocycles. The molecule has 0 aromatic heterocycles. The minimum atomic E-state index is -0.842. The van der Waals surface area contributed by atoms with Crippen LogP contribution in [0.25, 0.3) is 0 Å². The molecule has 0 bridgehead atoms. The maximum absolute atomic E-state index is 12.3. The average Bonchev–Trinajstić information content (AvgIpc) is 2.35. The van der Waals surface area contributed by atoms with Crippen LogP contribution in [0.2, 0.25) is 0 Å². The highest BCUT2D eigenvalue weighted by molar-refractivity contribution is 5.92. The van der Waals surface area contributed by atoms with Crippen molar-refractivity contribution in [3.8, 4) is 0 Å². The van der Waals surface area contributed by atoms with E-state index in [-0.39, 0.29) is 17.3 Å². The van der Waals surface area contributed by atoms with Crippen LogP contribution in [0.5, 0.6) is 0 Å². The third-order valence-corrected chi connectivity index (χ3v) is 3.72. The Balaban J connectivity index is 2.54. The molecule has 1 aromatic carbocycles. The number of nitrogens with two attached hydrogens (primary N) is 1. The second-order valence-corrected chi connectivity index (χ2v) is 5.41. The van der Waals surface area contributed by atoms with Gasteiger partial charge in [0, 0.05) is 20.1 Å².